The number of Topliss-reactive ketones (excluding diaryl/α,β-unsaturated/α-hetero) is 1. The molecule has 0 aromatic heterocycles. The predicted molar refractivity (Wildman–Crippen MR) is 81.9 cm³/mol. The molecule has 6 aliphatic rings. The van der Waals surface area contributed by atoms with Gasteiger partial charge in [-0.2, -0.15) is 0 Å². The van der Waals surface area contributed by atoms with Crippen LogP contribution in [-0.4, -0.2) is 17.5 Å². The topological polar surface area (TPSA) is 35.5 Å². The van der Waals surface area contributed by atoms with E-state index in [1.165, 1.54) is 25.7 Å². The quantitative estimate of drug-likeness (QED) is 0.633. The molecule has 4 saturated carbocycles. The molecule has 6 fully saturated rings. The van der Waals surface area contributed by atoms with E-state index < -0.39 is 0 Å². The lowest BCUT2D eigenvalue weighted by atomic mass is 9.43. The summed E-state index contributed by atoms with van der Waals surface area (Å²) in [6.45, 7) is 4.72. The van der Waals surface area contributed by atoms with Crippen LogP contribution in [0.25, 0.3) is 0 Å². The number of carbonyl (C=O) groups excluding carboxylic acids is 1. The van der Waals surface area contributed by atoms with Crippen molar-refractivity contribution in [1.82, 2.24) is 0 Å². The molecule has 0 amide bonds. The van der Waals surface area contributed by atoms with Crippen LogP contribution < -0.4 is 0 Å². The van der Waals surface area contributed by atoms with Gasteiger partial charge >= 0.3 is 0 Å². The summed E-state index contributed by atoms with van der Waals surface area (Å²) in [5.41, 5.74) is 0.0681. The van der Waals surface area contributed by atoms with E-state index in [2.05, 4.69) is 13.8 Å². The van der Waals surface area contributed by atoms with E-state index in [9.17, 15) is 4.79 Å². The third kappa shape index (κ3) is 1.40. The van der Waals surface area contributed by atoms with Gasteiger partial charge in [0.25, 0.3) is 0 Å². The smallest absolute Gasteiger partial charge is 0.139 e. The van der Waals surface area contributed by atoms with Crippen LogP contribution in [0.15, 0.2) is 0 Å². The SMILES string of the molecule is C[C@]12CC[C@H]3C[C@H]1CCC1C4CCC(=O)[C@@]4(C)CC[C@@]12OO3. The lowest BCUT2D eigenvalue weighted by Crippen LogP contribution is -2.64. The van der Waals surface area contributed by atoms with E-state index in [0.29, 0.717) is 23.7 Å². The molecule has 7 atom stereocenters. The lowest BCUT2D eigenvalue weighted by Gasteiger charge is -2.63. The second kappa shape index (κ2) is 4.16. The van der Waals surface area contributed by atoms with Gasteiger partial charge in [0, 0.05) is 17.3 Å². The van der Waals surface area contributed by atoms with Gasteiger partial charge in [-0.05, 0) is 69.1 Å². The lowest BCUT2D eigenvalue weighted by molar-refractivity contribution is -0.412. The van der Waals surface area contributed by atoms with Crippen molar-refractivity contribution in [2.75, 3.05) is 0 Å². The van der Waals surface area contributed by atoms with E-state index in [0.717, 1.165) is 38.0 Å². The molecule has 6 rings (SSSR count). The highest BCUT2D eigenvalue weighted by atomic mass is 17.2. The highest BCUT2D eigenvalue weighted by Gasteiger charge is 2.70. The van der Waals surface area contributed by atoms with Gasteiger partial charge in [-0.25, -0.2) is 9.78 Å². The summed E-state index contributed by atoms with van der Waals surface area (Å²) in [4.78, 5) is 24.8. The van der Waals surface area contributed by atoms with Crippen molar-refractivity contribution in [3.63, 3.8) is 0 Å². The second-order valence-electron chi connectivity index (χ2n) is 9.25. The minimum atomic E-state index is -0.115. The van der Waals surface area contributed by atoms with Gasteiger partial charge in [0.05, 0.1) is 6.10 Å². The summed E-state index contributed by atoms with van der Waals surface area (Å²) in [7, 11) is 0. The van der Waals surface area contributed by atoms with Gasteiger partial charge in [-0.3, -0.25) is 4.79 Å². The highest BCUT2D eigenvalue weighted by Crippen LogP contribution is 2.69. The highest BCUT2D eigenvalue weighted by molar-refractivity contribution is 5.87. The Hall–Kier alpha value is -0.410. The van der Waals surface area contributed by atoms with Crippen LogP contribution in [-0.2, 0) is 14.6 Å². The molecule has 3 nitrogen and oxygen atoms in total. The summed E-state index contributed by atoms with van der Waals surface area (Å²) < 4.78 is 0. The van der Waals surface area contributed by atoms with E-state index in [-0.39, 0.29) is 16.4 Å². The van der Waals surface area contributed by atoms with Crippen LogP contribution in [0.1, 0.15) is 71.6 Å². The van der Waals surface area contributed by atoms with Crippen LogP contribution in [0.3, 0.4) is 0 Å². The van der Waals surface area contributed by atoms with Crippen molar-refractivity contribution in [2.24, 2.45) is 28.6 Å². The van der Waals surface area contributed by atoms with Gasteiger partial charge in [-0.15, -0.1) is 0 Å². The third-order valence-electron chi connectivity index (χ3n) is 8.80. The van der Waals surface area contributed by atoms with E-state index in [1.807, 2.05) is 0 Å². The Morgan fingerprint density at radius 1 is 1.00 bits per heavy atom. The van der Waals surface area contributed by atoms with E-state index in [4.69, 9.17) is 9.78 Å². The summed E-state index contributed by atoms with van der Waals surface area (Å²) in [6.07, 6.45) is 10.3. The Morgan fingerprint density at radius 3 is 2.73 bits per heavy atom. The molecule has 2 unspecified atom stereocenters. The maximum Gasteiger partial charge on any atom is 0.139 e. The number of hydrogen-bond donors (Lipinski definition) is 0. The minimum absolute atomic E-state index is 0.0766. The summed E-state index contributed by atoms with van der Waals surface area (Å²) in [6, 6.07) is 0. The van der Waals surface area contributed by atoms with Gasteiger partial charge in [-0.1, -0.05) is 13.8 Å². The average Bonchev–Trinajstić information content (AvgIpc) is 2.71. The Morgan fingerprint density at radius 2 is 1.86 bits per heavy atom. The van der Waals surface area contributed by atoms with Gasteiger partial charge in [0.2, 0.25) is 0 Å². The largest absolute Gasteiger partial charge is 0.299 e. The van der Waals surface area contributed by atoms with Crippen LogP contribution in [0.4, 0.5) is 0 Å². The molecule has 122 valence electrons. The standard InChI is InChI=1S/C19H28O3/c1-17-9-10-19-15(14(17)5-6-16(17)20)4-3-12-11-13(21-22-19)7-8-18(12,19)2/h12-15H,3-11H2,1-2H3/t12-,13+,14?,15?,17+,18+,19-/m1/s1. The van der Waals surface area contributed by atoms with Crippen LogP contribution in [0.5, 0.6) is 0 Å². The van der Waals surface area contributed by atoms with Crippen molar-refractivity contribution in [3.8, 4) is 0 Å². The van der Waals surface area contributed by atoms with Crippen molar-refractivity contribution in [1.29, 1.82) is 0 Å². The predicted octanol–water partition coefficient (Wildman–Crippen LogP) is 4.05. The van der Waals surface area contributed by atoms with Gasteiger partial charge < -0.3 is 0 Å². The molecule has 22 heavy (non-hydrogen) atoms. The maximum atomic E-state index is 12.5. The minimum Gasteiger partial charge on any atom is -0.299 e. The normalized spacial score (nSPS) is 59.8. The number of hydrogen-bond acceptors (Lipinski definition) is 3. The Bertz CT molecular complexity index is 531. The molecule has 4 bridgehead atoms. The van der Waals surface area contributed by atoms with Crippen molar-refractivity contribution in [3.05, 3.63) is 0 Å². The first-order valence-electron chi connectivity index (χ1n) is 9.37. The zero-order chi connectivity index (χ0) is 15.2. The first-order valence-corrected chi connectivity index (χ1v) is 9.37. The van der Waals surface area contributed by atoms with Crippen LogP contribution >= 0.6 is 0 Å². The fraction of sp³-hybridized carbons (Fsp3) is 0.947. The molecule has 2 saturated heterocycles. The molecule has 4 aliphatic carbocycles. The van der Waals surface area contributed by atoms with Crippen molar-refractivity contribution in [2.45, 2.75) is 83.3 Å². The molecule has 1 spiro atoms. The molecule has 0 N–H and O–H groups in total. The fourth-order valence-corrected chi connectivity index (χ4v) is 7.34. The van der Waals surface area contributed by atoms with Crippen molar-refractivity contribution >= 4 is 5.78 Å². The second-order valence-corrected chi connectivity index (χ2v) is 9.25. The van der Waals surface area contributed by atoms with Crippen LogP contribution in [0, 0.1) is 28.6 Å². The summed E-state index contributed by atoms with van der Waals surface area (Å²) >= 11 is 0. The first-order chi connectivity index (χ1) is 10.5. The number of fused-ring (bicyclic) bond motifs is 4. The average molecular weight is 304 g/mol. The zero-order valence-corrected chi connectivity index (χ0v) is 13.9. The van der Waals surface area contributed by atoms with E-state index in [1.54, 1.807) is 0 Å². The molecule has 2 heterocycles. The van der Waals surface area contributed by atoms with E-state index >= 15 is 0 Å². The molecule has 0 radical (unpaired) electrons. The number of ketones is 1. The molecular formula is C19H28O3. The molecule has 3 heteroatoms. The molecule has 0 aromatic carbocycles. The Kier molecular flexibility index (Phi) is 2.64. The monoisotopic (exact) mass is 304 g/mol. The van der Waals surface area contributed by atoms with Gasteiger partial charge in [0.15, 0.2) is 0 Å². The Labute approximate surface area is 133 Å². The van der Waals surface area contributed by atoms with Crippen LogP contribution in [0.2, 0.25) is 0 Å². The number of rotatable bonds is 0. The zero-order valence-electron chi connectivity index (χ0n) is 13.9. The summed E-state index contributed by atoms with van der Waals surface area (Å²) in [5.74, 6) is 2.31. The summed E-state index contributed by atoms with van der Waals surface area (Å²) in [5, 5.41) is 0. The fourth-order valence-electron chi connectivity index (χ4n) is 7.34. The first kappa shape index (κ1) is 14.0. The molecule has 2 aliphatic heterocycles. The van der Waals surface area contributed by atoms with Crippen molar-refractivity contribution < 1.29 is 14.6 Å². The number of carbonyl (C=O) groups is 1. The third-order valence-corrected chi connectivity index (χ3v) is 8.80. The maximum absolute atomic E-state index is 12.5. The molecule has 0 aromatic rings. The van der Waals surface area contributed by atoms with Gasteiger partial charge in [0.1, 0.15) is 11.4 Å². The molecular weight excluding hydrogens is 276 g/mol. The Balaban J connectivity index is 1.62.